The van der Waals surface area contributed by atoms with Crippen LogP contribution in [0.25, 0.3) is 33.3 Å². The van der Waals surface area contributed by atoms with E-state index in [0.29, 0.717) is 17.0 Å². The normalized spacial score (nSPS) is 16.4. The van der Waals surface area contributed by atoms with E-state index in [1.807, 2.05) is 39.1 Å². The number of aryl methyl sites for hydroxylation is 3. The second-order valence-electron chi connectivity index (χ2n) is 7.60. The van der Waals surface area contributed by atoms with Crippen molar-refractivity contribution in [2.45, 2.75) is 40.9 Å². The molecule has 0 aliphatic carbocycles. The third-order valence-electron chi connectivity index (χ3n) is 4.85. The van der Waals surface area contributed by atoms with Crippen LogP contribution in [0.1, 0.15) is 45.7 Å². The lowest BCUT2D eigenvalue weighted by Gasteiger charge is -2.16. The molecular weight excluding hydrogens is 332 g/mol. The summed E-state index contributed by atoms with van der Waals surface area (Å²) in [4.78, 5) is 4.55. The van der Waals surface area contributed by atoms with E-state index in [9.17, 15) is 0 Å². The van der Waals surface area contributed by atoms with Crippen molar-refractivity contribution in [1.82, 2.24) is 4.98 Å². The van der Waals surface area contributed by atoms with Gasteiger partial charge in [0.1, 0.15) is 7.05 Å². The lowest BCUT2D eigenvalue weighted by atomic mass is 9.90. The number of benzene rings is 1. The number of furan rings is 1. The first-order valence-corrected chi connectivity index (χ1v) is 9.01. The molecule has 3 aromatic heterocycles. The molecule has 0 spiro atoms. The topological polar surface area (TPSA) is 29.9 Å². The molecule has 1 aromatic carbocycles. The summed E-state index contributed by atoms with van der Waals surface area (Å²) < 4.78 is 55.3. The van der Waals surface area contributed by atoms with Crippen LogP contribution in [0.5, 0.6) is 0 Å². The van der Waals surface area contributed by atoms with Gasteiger partial charge in [0.05, 0.1) is 5.56 Å². The molecule has 3 heterocycles. The molecule has 0 atom stereocenters. The maximum absolute atomic E-state index is 7.84. The third kappa shape index (κ3) is 3.23. The van der Waals surface area contributed by atoms with Crippen molar-refractivity contribution < 1.29 is 17.2 Å². The standard InChI is InChI=1S/C24H27N2O/c1-15-7-12-20(26(6)14-15)21-16(2)8-10-18-19-11-9-17(13-24(3,4)5)25-23(19)27-22(18)21/h7-12,14H,13H2,1-6H3/q+1/i3D3,4D3. The van der Waals surface area contributed by atoms with E-state index < -0.39 is 19.1 Å². The van der Waals surface area contributed by atoms with E-state index in [4.69, 9.17) is 12.6 Å². The summed E-state index contributed by atoms with van der Waals surface area (Å²) in [6, 6.07) is 11.7. The molecule has 0 aliphatic heterocycles. The number of nitrogens with zero attached hydrogens (tertiary/aromatic N) is 2. The van der Waals surface area contributed by atoms with Gasteiger partial charge in [-0.3, -0.25) is 0 Å². The van der Waals surface area contributed by atoms with Crippen LogP contribution in [0.2, 0.25) is 0 Å². The van der Waals surface area contributed by atoms with Gasteiger partial charge in [0.2, 0.25) is 11.4 Å². The molecule has 138 valence electrons. The minimum atomic E-state index is -2.67. The molecule has 0 aliphatic rings. The summed E-state index contributed by atoms with van der Waals surface area (Å²) in [5.41, 5.74) is 3.67. The van der Waals surface area contributed by atoms with Crippen LogP contribution >= 0.6 is 0 Å². The molecule has 4 aromatic rings. The quantitative estimate of drug-likeness (QED) is 0.428. The van der Waals surface area contributed by atoms with Crippen LogP contribution in [0, 0.1) is 19.3 Å². The summed E-state index contributed by atoms with van der Waals surface area (Å²) in [6.45, 7) is -0.00816. The highest BCUT2D eigenvalue weighted by Crippen LogP contribution is 2.36. The molecule has 3 nitrogen and oxygen atoms in total. The molecule has 0 saturated carbocycles. The lowest BCUT2D eigenvalue weighted by molar-refractivity contribution is -0.660. The predicted molar refractivity (Wildman–Crippen MR) is 111 cm³/mol. The monoisotopic (exact) mass is 365 g/mol. The summed E-state index contributed by atoms with van der Waals surface area (Å²) >= 11 is 0. The summed E-state index contributed by atoms with van der Waals surface area (Å²) in [5, 5.41) is 1.70. The van der Waals surface area contributed by atoms with Gasteiger partial charge in [0.15, 0.2) is 11.8 Å². The number of rotatable bonds is 2. The van der Waals surface area contributed by atoms with E-state index in [1.54, 1.807) is 6.07 Å². The first-order valence-electron chi connectivity index (χ1n) is 12.0. The van der Waals surface area contributed by atoms with Crippen LogP contribution in [0.3, 0.4) is 0 Å². The van der Waals surface area contributed by atoms with Gasteiger partial charge in [-0.25, -0.2) is 9.55 Å². The Balaban J connectivity index is 1.89. The van der Waals surface area contributed by atoms with Gasteiger partial charge < -0.3 is 4.42 Å². The fraction of sp³-hybridized carbons (Fsp3) is 0.333. The zero-order valence-electron chi connectivity index (χ0n) is 22.1. The predicted octanol–water partition coefficient (Wildman–Crippen LogP) is 5.68. The second-order valence-corrected chi connectivity index (χ2v) is 7.60. The molecule has 0 amide bonds. The smallest absolute Gasteiger partial charge is 0.227 e. The van der Waals surface area contributed by atoms with Gasteiger partial charge in [-0.1, -0.05) is 32.8 Å². The maximum Gasteiger partial charge on any atom is 0.227 e. The van der Waals surface area contributed by atoms with Crippen molar-refractivity contribution in [3.05, 3.63) is 59.4 Å². The van der Waals surface area contributed by atoms with Crippen molar-refractivity contribution in [2.24, 2.45) is 12.5 Å². The Bertz CT molecular complexity index is 1350. The highest BCUT2D eigenvalue weighted by molar-refractivity contribution is 6.08. The van der Waals surface area contributed by atoms with E-state index in [-0.39, 0.29) is 6.42 Å². The van der Waals surface area contributed by atoms with Gasteiger partial charge in [0.25, 0.3) is 0 Å². The minimum Gasteiger partial charge on any atom is -0.437 e. The Morgan fingerprint density at radius 1 is 1.07 bits per heavy atom. The van der Waals surface area contributed by atoms with Crippen LogP contribution in [0.15, 0.2) is 47.0 Å². The zero-order valence-corrected chi connectivity index (χ0v) is 16.1. The van der Waals surface area contributed by atoms with Gasteiger partial charge in [-0.15, -0.1) is 0 Å². The first-order chi connectivity index (χ1) is 15.2. The van der Waals surface area contributed by atoms with Crippen molar-refractivity contribution in [3.63, 3.8) is 0 Å². The zero-order chi connectivity index (χ0) is 24.3. The summed E-state index contributed by atoms with van der Waals surface area (Å²) in [7, 11) is 1.99. The first kappa shape index (κ1) is 11.9. The number of fused-ring (bicyclic) bond motifs is 3. The molecule has 0 unspecified atom stereocenters. The highest BCUT2D eigenvalue weighted by Gasteiger charge is 2.21. The van der Waals surface area contributed by atoms with E-state index in [1.165, 1.54) is 6.92 Å². The summed E-state index contributed by atoms with van der Waals surface area (Å²) in [5.74, 6) is 0. The Kier molecular flexibility index (Phi) is 2.73. The molecular formula is C24H27N2O+. The van der Waals surface area contributed by atoms with E-state index >= 15 is 0 Å². The van der Waals surface area contributed by atoms with Crippen LogP contribution in [-0.4, -0.2) is 4.98 Å². The second kappa shape index (κ2) is 6.19. The van der Waals surface area contributed by atoms with Crippen molar-refractivity contribution >= 4 is 22.1 Å². The van der Waals surface area contributed by atoms with Crippen LogP contribution in [-0.2, 0) is 13.5 Å². The number of pyridine rings is 2. The lowest BCUT2D eigenvalue weighted by Crippen LogP contribution is -2.31. The van der Waals surface area contributed by atoms with Crippen molar-refractivity contribution in [3.8, 4) is 11.3 Å². The number of hydrogen-bond donors (Lipinski definition) is 0. The average Bonchev–Trinajstić information content (AvgIpc) is 3.04. The average molecular weight is 366 g/mol. The van der Waals surface area contributed by atoms with E-state index in [2.05, 4.69) is 27.9 Å². The molecule has 27 heavy (non-hydrogen) atoms. The summed E-state index contributed by atoms with van der Waals surface area (Å²) in [6.07, 6.45) is 1.84. The largest absolute Gasteiger partial charge is 0.437 e. The number of aromatic nitrogens is 2. The fourth-order valence-corrected chi connectivity index (χ4v) is 3.64. The Morgan fingerprint density at radius 2 is 1.85 bits per heavy atom. The fourth-order valence-electron chi connectivity index (χ4n) is 3.64. The SMILES string of the molecule is [2H]C([2H])([2H])C(C)(Cc1ccc2c(n1)oc1c(-c3ccc(C)c[n+]3C)c(C)ccc12)C([2H])([2H])[2H]. The van der Waals surface area contributed by atoms with Gasteiger partial charge >= 0.3 is 0 Å². The molecule has 3 heteroatoms. The molecule has 0 saturated heterocycles. The van der Waals surface area contributed by atoms with Gasteiger partial charge in [-0.2, -0.15) is 0 Å². The molecule has 4 rings (SSSR count). The van der Waals surface area contributed by atoms with Crippen molar-refractivity contribution in [2.75, 3.05) is 0 Å². The molecule has 0 bridgehead atoms. The van der Waals surface area contributed by atoms with Gasteiger partial charge in [-0.05, 0) is 49.4 Å². The minimum absolute atomic E-state index is 0.216. The van der Waals surface area contributed by atoms with Crippen LogP contribution < -0.4 is 4.57 Å². The Morgan fingerprint density at radius 3 is 2.59 bits per heavy atom. The number of hydrogen-bond acceptors (Lipinski definition) is 2. The molecule has 0 radical (unpaired) electrons. The Labute approximate surface area is 169 Å². The maximum atomic E-state index is 7.84. The van der Waals surface area contributed by atoms with Crippen molar-refractivity contribution in [1.29, 1.82) is 0 Å². The molecule has 0 N–H and O–H groups in total. The Hall–Kier alpha value is -2.68. The van der Waals surface area contributed by atoms with E-state index in [0.717, 1.165) is 33.2 Å². The van der Waals surface area contributed by atoms with Gasteiger partial charge in [0, 0.05) is 36.3 Å². The van der Waals surface area contributed by atoms with Crippen LogP contribution in [0.4, 0.5) is 0 Å². The third-order valence-corrected chi connectivity index (χ3v) is 4.85. The molecule has 0 fully saturated rings. The highest BCUT2D eigenvalue weighted by atomic mass is 16.3.